The molecule has 3 amide bonds. The maximum absolute atomic E-state index is 11.5. The number of amides is 3. The molecule has 1 rings (SSSR count). The Balaban J connectivity index is 2.61. The number of nitrogens with two attached hydrogens (primary N) is 1. The van der Waals surface area contributed by atoms with Gasteiger partial charge in [0.15, 0.2) is 0 Å². The number of carbonyl (C=O) groups is 2. The van der Waals surface area contributed by atoms with Gasteiger partial charge in [-0.2, -0.15) is 0 Å². The molecule has 5 nitrogen and oxygen atoms in total. The smallest absolute Gasteiger partial charge is 0.314 e. The molecule has 0 saturated carbocycles. The molecule has 0 radical (unpaired) electrons. The molecule has 2 N–H and O–H groups in total. The van der Waals surface area contributed by atoms with Crippen LogP contribution in [-0.2, 0) is 4.79 Å². The topological polar surface area (TPSA) is 66.6 Å². The van der Waals surface area contributed by atoms with Crippen molar-refractivity contribution in [1.29, 1.82) is 0 Å². The van der Waals surface area contributed by atoms with Crippen molar-refractivity contribution in [3.8, 4) is 0 Å². The van der Waals surface area contributed by atoms with Gasteiger partial charge in [0.2, 0.25) is 5.91 Å². The number of allylic oxidation sites excluding steroid dienone is 1. The Morgan fingerprint density at radius 3 is 2.12 bits per heavy atom. The van der Waals surface area contributed by atoms with E-state index in [4.69, 9.17) is 5.73 Å². The number of urea groups is 1. The van der Waals surface area contributed by atoms with Gasteiger partial charge in [-0.3, -0.25) is 4.79 Å². The summed E-state index contributed by atoms with van der Waals surface area (Å²) in [7, 11) is 0. The van der Waals surface area contributed by atoms with Gasteiger partial charge >= 0.3 is 6.03 Å². The highest BCUT2D eigenvalue weighted by Gasteiger charge is 2.27. The van der Waals surface area contributed by atoms with Gasteiger partial charge in [-0.1, -0.05) is 6.58 Å². The van der Waals surface area contributed by atoms with E-state index in [1.165, 1.54) is 6.92 Å². The summed E-state index contributed by atoms with van der Waals surface area (Å²) in [5.74, 6) is 0.00465. The maximum atomic E-state index is 11.5. The van der Waals surface area contributed by atoms with Crippen molar-refractivity contribution in [3.63, 3.8) is 0 Å². The molecule has 0 aliphatic carbocycles. The van der Waals surface area contributed by atoms with E-state index in [1.54, 1.807) is 9.80 Å². The number of likely N-dealkylation sites (tertiary alicyclic amines) is 1. The van der Waals surface area contributed by atoms with E-state index in [0.29, 0.717) is 13.1 Å². The Kier molecular flexibility index (Phi) is 3.93. The largest absolute Gasteiger partial charge is 0.351 e. The lowest BCUT2D eigenvalue weighted by Crippen LogP contribution is -2.48. The quantitative estimate of drug-likeness (QED) is 0.759. The summed E-state index contributed by atoms with van der Waals surface area (Å²) in [6.45, 7) is 8.38. The highest BCUT2D eigenvalue weighted by Crippen LogP contribution is 2.19. The molecular formula is C11H19N3O2. The number of piperidine rings is 1. The van der Waals surface area contributed by atoms with Crippen molar-refractivity contribution in [2.45, 2.75) is 32.7 Å². The minimum atomic E-state index is -0.386. The molecule has 0 aromatic rings. The molecule has 1 aliphatic heterocycles. The Bertz CT molecular complexity index is 292. The molecular weight excluding hydrogens is 206 g/mol. The Morgan fingerprint density at radius 1 is 1.31 bits per heavy atom. The Morgan fingerprint density at radius 2 is 1.81 bits per heavy atom. The summed E-state index contributed by atoms with van der Waals surface area (Å²) >= 11 is 0. The third-order valence-corrected chi connectivity index (χ3v) is 2.89. The number of hydrogen-bond donors (Lipinski definition) is 1. The van der Waals surface area contributed by atoms with Crippen molar-refractivity contribution in [1.82, 2.24) is 9.80 Å². The molecule has 0 bridgehead atoms. The second-order valence-electron chi connectivity index (χ2n) is 4.18. The van der Waals surface area contributed by atoms with Gasteiger partial charge in [0, 0.05) is 31.8 Å². The second kappa shape index (κ2) is 5.01. The first-order chi connectivity index (χ1) is 7.43. The predicted octanol–water partition coefficient (Wildman–Crippen LogP) is 0.912. The van der Waals surface area contributed by atoms with Crippen molar-refractivity contribution in [2.75, 3.05) is 13.1 Å². The van der Waals surface area contributed by atoms with E-state index in [-0.39, 0.29) is 18.0 Å². The van der Waals surface area contributed by atoms with Gasteiger partial charge in [-0.05, 0) is 19.8 Å². The molecule has 0 aromatic heterocycles. The molecule has 0 atom stereocenters. The summed E-state index contributed by atoms with van der Waals surface area (Å²) in [5, 5.41) is 0. The number of hydrogen-bond acceptors (Lipinski definition) is 2. The molecule has 90 valence electrons. The molecule has 0 spiro atoms. The lowest BCUT2D eigenvalue weighted by Gasteiger charge is -2.37. The molecule has 0 aromatic carbocycles. The van der Waals surface area contributed by atoms with Crippen LogP contribution >= 0.6 is 0 Å². The number of rotatable bonds is 2. The van der Waals surface area contributed by atoms with E-state index in [2.05, 4.69) is 6.58 Å². The van der Waals surface area contributed by atoms with Crippen LogP contribution in [0.5, 0.6) is 0 Å². The van der Waals surface area contributed by atoms with Crippen LogP contribution in [0.2, 0.25) is 0 Å². The van der Waals surface area contributed by atoms with E-state index in [0.717, 1.165) is 18.5 Å². The Hall–Kier alpha value is -1.52. The average Bonchev–Trinajstić information content (AvgIpc) is 2.17. The number of nitrogens with zero attached hydrogens (tertiary/aromatic N) is 2. The van der Waals surface area contributed by atoms with Gasteiger partial charge in [0.25, 0.3) is 0 Å². The van der Waals surface area contributed by atoms with Gasteiger partial charge in [0.1, 0.15) is 0 Å². The van der Waals surface area contributed by atoms with Crippen LogP contribution in [0.4, 0.5) is 4.79 Å². The van der Waals surface area contributed by atoms with E-state index < -0.39 is 0 Å². The SMILES string of the molecule is C=C(C)N(C(C)=O)C1CCN(C(N)=O)CC1. The lowest BCUT2D eigenvalue weighted by molar-refractivity contribution is -0.129. The van der Waals surface area contributed by atoms with Crippen molar-refractivity contribution in [2.24, 2.45) is 5.73 Å². The van der Waals surface area contributed by atoms with Crippen molar-refractivity contribution >= 4 is 11.9 Å². The van der Waals surface area contributed by atoms with Crippen LogP contribution in [0, 0.1) is 0 Å². The van der Waals surface area contributed by atoms with Crippen LogP contribution < -0.4 is 5.73 Å². The third-order valence-electron chi connectivity index (χ3n) is 2.89. The summed E-state index contributed by atoms with van der Waals surface area (Å²) in [6.07, 6.45) is 1.52. The van der Waals surface area contributed by atoms with Crippen LogP contribution in [0.3, 0.4) is 0 Å². The van der Waals surface area contributed by atoms with E-state index in [1.807, 2.05) is 6.92 Å². The first kappa shape index (κ1) is 12.5. The predicted molar refractivity (Wildman–Crippen MR) is 61.5 cm³/mol. The zero-order valence-electron chi connectivity index (χ0n) is 9.90. The first-order valence-corrected chi connectivity index (χ1v) is 5.43. The van der Waals surface area contributed by atoms with Gasteiger partial charge in [0.05, 0.1) is 0 Å². The molecule has 5 heteroatoms. The second-order valence-corrected chi connectivity index (χ2v) is 4.18. The summed E-state index contributed by atoms with van der Waals surface area (Å²) < 4.78 is 0. The minimum Gasteiger partial charge on any atom is -0.351 e. The van der Waals surface area contributed by atoms with Crippen molar-refractivity contribution < 1.29 is 9.59 Å². The van der Waals surface area contributed by atoms with Gasteiger partial charge in [-0.25, -0.2) is 4.79 Å². The fraction of sp³-hybridized carbons (Fsp3) is 0.636. The summed E-state index contributed by atoms with van der Waals surface area (Å²) in [4.78, 5) is 25.7. The third kappa shape index (κ3) is 2.74. The van der Waals surface area contributed by atoms with Crippen molar-refractivity contribution in [3.05, 3.63) is 12.3 Å². The Labute approximate surface area is 95.9 Å². The maximum Gasteiger partial charge on any atom is 0.314 e. The molecule has 16 heavy (non-hydrogen) atoms. The molecule has 1 heterocycles. The molecule has 1 aliphatic rings. The molecule has 0 unspecified atom stereocenters. The molecule has 1 saturated heterocycles. The van der Waals surface area contributed by atoms with Gasteiger partial charge in [-0.15, -0.1) is 0 Å². The zero-order chi connectivity index (χ0) is 12.3. The van der Waals surface area contributed by atoms with Crippen LogP contribution in [0.25, 0.3) is 0 Å². The standard InChI is InChI=1S/C11H19N3O2/c1-8(2)14(9(3)15)10-4-6-13(7-5-10)11(12)16/h10H,1,4-7H2,2-3H3,(H2,12,16). The fourth-order valence-corrected chi connectivity index (χ4v) is 2.18. The van der Waals surface area contributed by atoms with Crippen LogP contribution in [0.1, 0.15) is 26.7 Å². The van der Waals surface area contributed by atoms with E-state index in [9.17, 15) is 9.59 Å². The first-order valence-electron chi connectivity index (χ1n) is 5.43. The summed E-state index contributed by atoms with van der Waals surface area (Å²) in [5.41, 5.74) is 5.95. The van der Waals surface area contributed by atoms with E-state index >= 15 is 0 Å². The van der Waals surface area contributed by atoms with Crippen LogP contribution in [0.15, 0.2) is 12.3 Å². The molecule has 1 fully saturated rings. The average molecular weight is 225 g/mol. The fourth-order valence-electron chi connectivity index (χ4n) is 2.18. The minimum absolute atomic E-state index is 0.00465. The highest BCUT2D eigenvalue weighted by atomic mass is 16.2. The monoisotopic (exact) mass is 225 g/mol. The number of carbonyl (C=O) groups excluding carboxylic acids is 2. The zero-order valence-corrected chi connectivity index (χ0v) is 9.90. The lowest BCUT2D eigenvalue weighted by atomic mass is 10.0. The highest BCUT2D eigenvalue weighted by molar-refractivity contribution is 5.75. The number of primary amides is 1. The van der Waals surface area contributed by atoms with Gasteiger partial charge < -0.3 is 15.5 Å². The van der Waals surface area contributed by atoms with Crippen LogP contribution in [-0.4, -0.2) is 40.9 Å². The summed E-state index contributed by atoms with van der Waals surface area (Å²) in [6, 6.07) is -0.242. The normalized spacial score (nSPS) is 17.0.